The predicted octanol–water partition coefficient (Wildman–Crippen LogP) is 2.28. The lowest BCUT2D eigenvalue weighted by atomic mass is 10.2. The van der Waals surface area contributed by atoms with Gasteiger partial charge in [-0.05, 0) is 24.3 Å². The van der Waals surface area contributed by atoms with Gasteiger partial charge in [-0.2, -0.15) is 0 Å². The molecule has 1 aromatic heterocycles. The van der Waals surface area contributed by atoms with Crippen molar-refractivity contribution in [3.05, 3.63) is 48.5 Å². The number of fused-ring (bicyclic) bond motifs is 1. The van der Waals surface area contributed by atoms with Crippen LogP contribution < -0.4 is 5.73 Å². The van der Waals surface area contributed by atoms with Gasteiger partial charge in [0.2, 0.25) is 0 Å². The van der Waals surface area contributed by atoms with Crippen LogP contribution in [-0.4, -0.2) is 21.3 Å². The van der Waals surface area contributed by atoms with Gasteiger partial charge in [0.15, 0.2) is 0 Å². The van der Waals surface area contributed by atoms with Crippen LogP contribution in [0.15, 0.2) is 48.5 Å². The molecule has 0 bridgehead atoms. The van der Waals surface area contributed by atoms with Crippen molar-refractivity contribution in [2.75, 3.05) is 12.3 Å². The summed E-state index contributed by atoms with van der Waals surface area (Å²) < 4.78 is 2.02. The molecule has 0 atom stereocenters. The molecule has 0 saturated heterocycles. The minimum atomic E-state index is 0.0790. The maximum Gasteiger partial charge on any atom is 0.141 e. The largest absolute Gasteiger partial charge is 0.399 e. The van der Waals surface area contributed by atoms with E-state index in [9.17, 15) is 5.11 Å². The zero-order valence-electron chi connectivity index (χ0n) is 10.5. The Kier molecular flexibility index (Phi) is 2.93. The summed E-state index contributed by atoms with van der Waals surface area (Å²) in [5.41, 5.74) is 9.45. The van der Waals surface area contributed by atoms with E-state index in [1.165, 1.54) is 0 Å². The number of nitrogens with zero attached hydrogens (tertiary/aromatic N) is 2. The van der Waals surface area contributed by atoms with Crippen molar-refractivity contribution in [2.45, 2.75) is 6.54 Å². The summed E-state index contributed by atoms with van der Waals surface area (Å²) in [4.78, 5) is 4.64. The van der Waals surface area contributed by atoms with Crippen LogP contribution in [0.2, 0.25) is 0 Å². The summed E-state index contributed by atoms with van der Waals surface area (Å²) in [6.07, 6.45) is 0. The number of para-hydroxylation sites is 2. The fourth-order valence-electron chi connectivity index (χ4n) is 2.30. The average Bonchev–Trinajstić information content (AvgIpc) is 2.79. The molecule has 0 radical (unpaired) electrons. The number of benzene rings is 2. The fourth-order valence-corrected chi connectivity index (χ4v) is 2.30. The predicted molar refractivity (Wildman–Crippen MR) is 76.7 cm³/mol. The molecule has 0 spiro atoms. The number of aromatic nitrogens is 2. The number of aliphatic hydroxyl groups is 1. The zero-order chi connectivity index (χ0) is 13.2. The fraction of sp³-hybridized carbons (Fsp3) is 0.133. The third-order valence-corrected chi connectivity index (χ3v) is 3.12. The molecule has 3 rings (SSSR count). The highest BCUT2D eigenvalue weighted by molar-refractivity contribution is 5.81. The molecule has 0 unspecified atom stereocenters. The number of hydrogen-bond donors (Lipinski definition) is 2. The van der Waals surface area contributed by atoms with Gasteiger partial charge in [-0.1, -0.05) is 24.3 Å². The van der Waals surface area contributed by atoms with Crippen molar-refractivity contribution < 1.29 is 5.11 Å². The Morgan fingerprint density at radius 1 is 1.11 bits per heavy atom. The minimum absolute atomic E-state index is 0.0790. The van der Waals surface area contributed by atoms with E-state index in [4.69, 9.17) is 5.73 Å². The Labute approximate surface area is 111 Å². The smallest absolute Gasteiger partial charge is 0.141 e. The molecule has 4 heteroatoms. The monoisotopic (exact) mass is 253 g/mol. The van der Waals surface area contributed by atoms with Crippen molar-refractivity contribution in [1.29, 1.82) is 0 Å². The van der Waals surface area contributed by atoms with Crippen molar-refractivity contribution in [2.24, 2.45) is 0 Å². The average molecular weight is 253 g/mol. The van der Waals surface area contributed by atoms with E-state index in [0.717, 1.165) is 22.4 Å². The molecule has 0 amide bonds. The van der Waals surface area contributed by atoms with Gasteiger partial charge >= 0.3 is 0 Å². The zero-order valence-corrected chi connectivity index (χ0v) is 10.5. The molecule has 0 aliphatic carbocycles. The van der Waals surface area contributed by atoms with Crippen LogP contribution >= 0.6 is 0 Å². The Balaban J connectivity index is 2.25. The Bertz CT molecular complexity index is 718. The van der Waals surface area contributed by atoms with Gasteiger partial charge in [-0.3, -0.25) is 0 Å². The highest BCUT2D eigenvalue weighted by Gasteiger charge is 2.11. The summed E-state index contributed by atoms with van der Waals surface area (Å²) in [7, 11) is 0. The summed E-state index contributed by atoms with van der Waals surface area (Å²) in [6, 6.07) is 15.5. The number of nitrogens with two attached hydrogens (primary N) is 1. The molecular weight excluding hydrogens is 238 g/mol. The lowest BCUT2D eigenvalue weighted by Crippen LogP contribution is -2.04. The van der Waals surface area contributed by atoms with E-state index in [1.54, 1.807) is 0 Å². The molecule has 2 aromatic carbocycles. The minimum Gasteiger partial charge on any atom is -0.399 e. The first-order chi connectivity index (χ1) is 9.29. The molecule has 0 aliphatic heterocycles. The van der Waals surface area contributed by atoms with Gasteiger partial charge in [0.05, 0.1) is 17.6 Å². The van der Waals surface area contributed by atoms with E-state index in [1.807, 2.05) is 53.1 Å². The van der Waals surface area contributed by atoms with Gasteiger partial charge in [0.1, 0.15) is 5.82 Å². The lowest BCUT2D eigenvalue weighted by molar-refractivity contribution is 0.278. The molecule has 0 saturated carbocycles. The first kappa shape index (κ1) is 11.7. The molecule has 19 heavy (non-hydrogen) atoms. The van der Waals surface area contributed by atoms with Gasteiger partial charge in [0.25, 0.3) is 0 Å². The Morgan fingerprint density at radius 3 is 2.74 bits per heavy atom. The Morgan fingerprint density at radius 2 is 1.95 bits per heavy atom. The highest BCUT2D eigenvalue weighted by atomic mass is 16.3. The molecule has 1 heterocycles. The number of hydrogen-bond acceptors (Lipinski definition) is 3. The maximum atomic E-state index is 9.25. The number of rotatable bonds is 3. The number of nitrogen functional groups attached to an aromatic ring is 1. The summed E-state index contributed by atoms with van der Waals surface area (Å²) in [6.45, 7) is 0.598. The van der Waals surface area contributed by atoms with Crippen LogP contribution in [0.1, 0.15) is 0 Å². The third-order valence-electron chi connectivity index (χ3n) is 3.12. The quantitative estimate of drug-likeness (QED) is 0.704. The molecule has 3 N–H and O–H groups in total. The molecule has 3 aromatic rings. The third kappa shape index (κ3) is 2.06. The van der Waals surface area contributed by atoms with Crippen LogP contribution in [0.4, 0.5) is 5.69 Å². The summed E-state index contributed by atoms with van der Waals surface area (Å²) in [5.74, 6) is 0.836. The second-order valence-electron chi connectivity index (χ2n) is 4.42. The van der Waals surface area contributed by atoms with Gasteiger partial charge in [0, 0.05) is 17.8 Å². The van der Waals surface area contributed by atoms with Crippen LogP contribution in [-0.2, 0) is 6.54 Å². The van der Waals surface area contributed by atoms with E-state index in [2.05, 4.69) is 4.98 Å². The van der Waals surface area contributed by atoms with Crippen molar-refractivity contribution in [3.63, 3.8) is 0 Å². The first-order valence-corrected chi connectivity index (χ1v) is 6.21. The molecule has 96 valence electrons. The van der Waals surface area contributed by atoms with Crippen LogP contribution in [0.5, 0.6) is 0 Å². The molecule has 0 fully saturated rings. The van der Waals surface area contributed by atoms with Crippen molar-refractivity contribution in [3.8, 4) is 11.4 Å². The van der Waals surface area contributed by atoms with Crippen LogP contribution in [0.3, 0.4) is 0 Å². The second kappa shape index (κ2) is 4.74. The lowest BCUT2D eigenvalue weighted by Gasteiger charge is -2.07. The standard InChI is InChI=1S/C15H15N3O/c16-12-5-3-4-11(10-12)15-17-13-6-1-2-7-14(13)18(15)8-9-19/h1-7,10,19H,8-9,16H2. The van der Waals surface area contributed by atoms with E-state index >= 15 is 0 Å². The summed E-state index contributed by atoms with van der Waals surface area (Å²) in [5, 5.41) is 9.25. The molecule has 0 aliphatic rings. The highest BCUT2D eigenvalue weighted by Crippen LogP contribution is 2.25. The van der Waals surface area contributed by atoms with Gasteiger partial charge < -0.3 is 15.4 Å². The molecule has 4 nitrogen and oxygen atoms in total. The Hall–Kier alpha value is -2.33. The van der Waals surface area contributed by atoms with Crippen molar-refractivity contribution in [1.82, 2.24) is 9.55 Å². The second-order valence-corrected chi connectivity index (χ2v) is 4.42. The van der Waals surface area contributed by atoms with Crippen LogP contribution in [0.25, 0.3) is 22.4 Å². The van der Waals surface area contributed by atoms with E-state index < -0.39 is 0 Å². The van der Waals surface area contributed by atoms with Crippen LogP contribution in [0, 0.1) is 0 Å². The van der Waals surface area contributed by atoms with E-state index in [0.29, 0.717) is 12.2 Å². The maximum absolute atomic E-state index is 9.25. The van der Waals surface area contributed by atoms with E-state index in [-0.39, 0.29) is 6.61 Å². The van der Waals surface area contributed by atoms with Gasteiger partial charge in [-0.15, -0.1) is 0 Å². The van der Waals surface area contributed by atoms with Gasteiger partial charge in [-0.25, -0.2) is 4.98 Å². The number of anilines is 1. The number of imidazole rings is 1. The normalized spacial score (nSPS) is 11.0. The summed E-state index contributed by atoms with van der Waals surface area (Å²) >= 11 is 0. The van der Waals surface area contributed by atoms with Crippen molar-refractivity contribution >= 4 is 16.7 Å². The number of aliphatic hydroxyl groups excluding tert-OH is 1. The molecular formula is C15H15N3O. The topological polar surface area (TPSA) is 64.1 Å². The first-order valence-electron chi connectivity index (χ1n) is 6.21. The SMILES string of the molecule is Nc1cccc(-c2nc3ccccc3n2CCO)c1.